The highest BCUT2D eigenvalue weighted by Crippen LogP contribution is 2.40. The Hall–Kier alpha value is -2.15. The fourth-order valence-corrected chi connectivity index (χ4v) is 2.08. The summed E-state index contributed by atoms with van der Waals surface area (Å²) in [6, 6.07) is 2.07. The first-order chi connectivity index (χ1) is 9.06. The van der Waals surface area contributed by atoms with Gasteiger partial charge < -0.3 is 5.73 Å². The van der Waals surface area contributed by atoms with E-state index in [1.807, 2.05) is 11.7 Å². The highest BCUT2D eigenvalue weighted by atomic mass is 15.4. The van der Waals surface area contributed by atoms with Crippen molar-refractivity contribution in [3.63, 3.8) is 0 Å². The summed E-state index contributed by atoms with van der Waals surface area (Å²) >= 11 is 0. The number of hydrazine groups is 1. The molecule has 7 nitrogen and oxygen atoms in total. The van der Waals surface area contributed by atoms with Crippen LogP contribution in [0.25, 0.3) is 11.4 Å². The third-order valence-electron chi connectivity index (χ3n) is 3.27. The lowest BCUT2D eigenvalue weighted by atomic mass is 10.2. The summed E-state index contributed by atoms with van der Waals surface area (Å²) in [5, 5.41) is 5.88. The molecular formula is C12H17N7. The number of nitrogens with two attached hydrogens (primary N) is 2. The molecule has 1 saturated carbocycles. The molecule has 0 atom stereocenters. The lowest BCUT2D eigenvalue weighted by molar-refractivity contribution is 0.748. The smallest absolute Gasteiger partial charge is 0.186 e. The molecule has 0 saturated heterocycles. The van der Waals surface area contributed by atoms with Crippen molar-refractivity contribution in [1.29, 1.82) is 0 Å². The third kappa shape index (κ3) is 2.12. The Morgan fingerprint density at radius 3 is 2.79 bits per heavy atom. The second-order valence-electron chi connectivity index (χ2n) is 4.93. The van der Waals surface area contributed by atoms with Gasteiger partial charge in [-0.2, -0.15) is 5.10 Å². The average molecular weight is 259 g/mol. The molecule has 2 heterocycles. The van der Waals surface area contributed by atoms with E-state index in [-0.39, 0.29) is 0 Å². The standard InChI is InChI=1S/C12H17N7/c1-18(14)12-11(13)15-6-9(16-12)10-5-8(7-3-4-7)17-19(10)2/h5-7H,3-4,14H2,1-2H3,(H2,13,15). The molecule has 7 heteroatoms. The summed E-state index contributed by atoms with van der Waals surface area (Å²) < 4.78 is 1.83. The van der Waals surface area contributed by atoms with Crippen molar-refractivity contribution < 1.29 is 0 Å². The van der Waals surface area contributed by atoms with Gasteiger partial charge in [0.15, 0.2) is 11.6 Å². The fourth-order valence-electron chi connectivity index (χ4n) is 2.08. The molecule has 2 aromatic rings. The van der Waals surface area contributed by atoms with Crippen LogP contribution in [0.4, 0.5) is 11.6 Å². The Kier molecular flexibility index (Phi) is 2.63. The van der Waals surface area contributed by atoms with Crippen molar-refractivity contribution in [3.8, 4) is 11.4 Å². The van der Waals surface area contributed by atoms with E-state index in [1.54, 1.807) is 13.2 Å². The Bertz CT molecular complexity index is 613. The minimum absolute atomic E-state index is 0.318. The highest BCUT2D eigenvalue weighted by Gasteiger charge is 2.27. The summed E-state index contributed by atoms with van der Waals surface area (Å²) in [4.78, 5) is 8.59. The third-order valence-corrected chi connectivity index (χ3v) is 3.27. The molecular weight excluding hydrogens is 242 g/mol. The first kappa shape index (κ1) is 11.9. The van der Waals surface area contributed by atoms with Gasteiger partial charge in [0.1, 0.15) is 5.69 Å². The van der Waals surface area contributed by atoms with Gasteiger partial charge >= 0.3 is 0 Å². The Balaban J connectivity index is 2.03. The van der Waals surface area contributed by atoms with Crippen molar-refractivity contribution in [2.45, 2.75) is 18.8 Å². The molecule has 19 heavy (non-hydrogen) atoms. The van der Waals surface area contributed by atoms with Gasteiger partial charge in [0.2, 0.25) is 0 Å². The average Bonchev–Trinajstić information content (AvgIpc) is 3.14. The first-order valence-electron chi connectivity index (χ1n) is 6.21. The quantitative estimate of drug-likeness (QED) is 0.620. The lowest BCUT2D eigenvalue weighted by Gasteiger charge is -2.13. The van der Waals surface area contributed by atoms with Crippen LogP contribution in [0.5, 0.6) is 0 Å². The number of nitrogen functional groups attached to an aromatic ring is 1. The normalized spacial score (nSPS) is 14.7. The number of nitrogens with zero attached hydrogens (tertiary/aromatic N) is 5. The van der Waals surface area contributed by atoms with Crippen LogP contribution in [0.15, 0.2) is 12.3 Å². The van der Waals surface area contributed by atoms with Crippen molar-refractivity contribution >= 4 is 11.6 Å². The number of rotatable bonds is 3. The lowest BCUT2D eigenvalue weighted by Crippen LogP contribution is -2.27. The maximum atomic E-state index is 5.75. The maximum Gasteiger partial charge on any atom is 0.186 e. The van der Waals surface area contributed by atoms with Crippen LogP contribution >= 0.6 is 0 Å². The van der Waals surface area contributed by atoms with E-state index in [1.165, 1.54) is 17.9 Å². The molecule has 1 aliphatic carbocycles. The SMILES string of the molecule is CN(N)c1nc(-c2cc(C3CC3)nn2C)cnc1N. The zero-order valence-corrected chi connectivity index (χ0v) is 11.0. The van der Waals surface area contributed by atoms with E-state index in [4.69, 9.17) is 11.6 Å². The summed E-state index contributed by atoms with van der Waals surface area (Å²) in [5.74, 6) is 7.08. The molecule has 1 aliphatic rings. The Labute approximate surface area is 111 Å². The second-order valence-corrected chi connectivity index (χ2v) is 4.93. The zero-order valence-electron chi connectivity index (χ0n) is 11.0. The van der Waals surface area contributed by atoms with E-state index >= 15 is 0 Å². The Morgan fingerprint density at radius 1 is 1.42 bits per heavy atom. The molecule has 0 radical (unpaired) electrons. The molecule has 4 N–H and O–H groups in total. The van der Waals surface area contributed by atoms with Crippen LogP contribution in [-0.4, -0.2) is 26.8 Å². The van der Waals surface area contributed by atoms with E-state index in [0.717, 1.165) is 17.1 Å². The van der Waals surface area contributed by atoms with Gasteiger partial charge in [0.05, 0.1) is 17.6 Å². The van der Waals surface area contributed by atoms with E-state index in [2.05, 4.69) is 21.1 Å². The van der Waals surface area contributed by atoms with Crippen LogP contribution in [-0.2, 0) is 7.05 Å². The van der Waals surface area contributed by atoms with Gasteiger partial charge in [-0.1, -0.05) is 0 Å². The number of aryl methyl sites for hydroxylation is 1. The molecule has 3 rings (SSSR count). The number of hydrogen-bond donors (Lipinski definition) is 2. The molecule has 0 unspecified atom stereocenters. The van der Waals surface area contributed by atoms with Crippen LogP contribution < -0.4 is 16.6 Å². The summed E-state index contributed by atoms with van der Waals surface area (Å²) in [6.45, 7) is 0. The van der Waals surface area contributed by atoms with Crippen molar-refractivity contribution in [2.75, 3.05) is 17.8 Å². The Morgan fingerprint density at radius 2 is 2.16 bits per heavy atom. The van der Waals surface area contributed by atoms with Crippen LogP contribution in [0.3, 0.4) is 0 Å². The molecule has 0 bridgehead atoms. The molecule has 0 aromatic carbocycles. The van der Waals surface area contributed by atoms with Crippen molar-refractivity contribution in [2.24, 2.45) is 12.9 Å². The van der Waals surface area contributed by atoms with Crippen LogP contribution in [0.1, 0.15) is 24.5 Å². The highest BCUT2D eigenvalue weighted by molar-refractivity contribution is 5.64. The van der Waals surface area contributed by atoms with Crippen molar-refractivity contribution in [3.05, 3.63) is 18.0 Å². The monoisotopic (exact) mass is 259 g/mol. The topological polar surface area (TPSA) is 98.9 Å². The fraction of sp³-hybridized carbons (Fsp3) is 0.417. The first-order valence-corrected chi connectivity index (χ1v) is 6.21. The minimum atomic E-state index is 0.318. The van der Waals surface area contributed by atoms with Gasteiger partial charge in [-0.05, 0) is 18.9 Å². The molecule has 0 amide bonds. The largest absolute Gasteiger partial charge is 0.381 e. The minimum Gasteiger partial charge on any atom is -0.381 e. The number of anilines is 2. The summed E-state index contributed by atoms with van der Waals surface area (Å²) in [5.41, 5.74) is 8.53. The molecule has 0 spiro atoms. The van der Waals surface area contributed by atoms with Crippen LogP contribution in [0.2, 0.25) is 0 Å². The van der Waals surface area contributed by atoms with Crippen LogP contribution in [0, 0.1) is 0 Å². The van der Waals surface area contributed by atoms with Gasteiger partial charge in [-0.3, -0.25) is 9.69 Å². The van der Waals surface area contributed by atoms with Gasteiger partial charge in [0, 0.05) is 20.0 Å². The maximum absolute atomic E-state index is 5.75. The van der Waals surface area contributed by atoms with E-state index in [9.17, 15) is 0 Å². The predicted octanol–water partition coefficient (Wildman–Crippen LogP) is 0.647. The van der Waals surface area contributed by atoms with Gasteiger partial charge in [-0.25, -0.2) is 15.8 Å². The van der Waals surface area contributed by atoms with Crippen molar-refractivity contribution in [1.82, 2.24) is 19.7 Å². The number of aromatic nitrogens is 4. The van der Waals surface area contributed by atoms with E-state index in [0.29, 0.717) is 17.6 Å². The molecule has 1 fully saturated rings. The van der Waals surface area contributed by atoms with Gasteiger partial charge in [-0.15, -0.1) is 0 Å². The predicted molar refractivity (Wildman–Crippen MR) is 73.2 cm³/mol. The molecule has 2 aromatic heterocycles. The summed E-state index contributed by atoms with van der Waals surface area (Å²) in [7, 11) is 3.59. The van der Waals surface area contributed by atoms with E-state index < -0.39 is 0 Å². The van der Waals surface area contributed by atoms with Gasteiger partial charge in [0.25, 0.3) is 0 Å². The second kappa shape index (κ2) is 4.20. The molecule has 100 valence electrons. The summed E-state index contributed by atoms with van der Waals surface area (Å²) in [6.07, 6.45) is 4.09. The zero-order chi connectivity index (χ0) is 13.6. The number of hydrogen-bond acceptors (Lipinski definition) is 6. The molecule has 0 aliphatic heterocycles.